The first kappa shape index (κ1) is 13.8. The smallest absolute Gasteiger partial charge is 0.173 e. The Balaban J connectivity index is 2.07. The van der Waals surface area contributed by atoms with E-state index in [-0.39, 0.29) is 5.78 Å². The molecule has 0 radical (unpaired) electrons. The quantitative estimate of drug-likeness (QED) is 0.622. The van der Waals surface area contributed by atoms with Crippen LogP contribution in [0.3, 0.4) is 0 Å². The van der Waals surface area contributed by atoms with E-state index in [0.717, 1.165) is 21.8 Å². The SMILES string of the molecule is Cc1cc(C)nc(SCC(=O)c2ccccc2C)c1. The average molecular weight is 271 g/mol. The summed E-state index contributed by atoms with van der Waals surface area (Å²) in [6.07, 6.45) is 0. The predicted molar refractivity (Wildman–Crippen MR) is 79.9 cm³/mol. The highest BCUT2D eigenvalue weighted by atomic mass is 32.2. The highest BCUT2D eigenvalue weighted by Gasteiger charge is 2.09. The molecule has 0 amide bonds. The van der Waals surface area contributed by atoms with E-state index in [4.69, 9.17) is 0 Å². The van der Waals surface area contributed by atoms with Gasteiger partial charge in [-0.2, -0.15) is 0 Å². The second-order valence-corrected chi connectivity index (χ2v) is 5.65. The Hall–Kier alpha value is -1.61. The summed E-state index contributed by atoms with van der Waals surface area (Å²) in [7, 11) is 0. The fraction of sp³-hybridized carbons (Fsp3) is 0.250. The standard InChI is InChI=1S/C16H17NOS/c1-11-8-13(3)17-16(9-11)19-10-15(18)14-7-5-4-6-12(14)2/h4-9H,10H2,1-3H3. The highest BCUT2D eigenvalue weighted by Crippen LogP contribution is 2.20. The fourth-order valence-corrected chi connectivity index (χ4v) is 2.89. The van der Waals surface area contributed by atoms with Gasteiger partial charge in [-0.1, -0.05) is 36.0 Å². The van der Waals surface area contributed by atoms with Gasteiger partial charge in [-0.05, 0) is 44.0 Å². The van der Waals surface area contributed by atoms with Crippen molar-refractivity contribution in [2.75, 3.05) is 5.75 Å². The fourth-order valence-electron chi connectivity index (χ4n) is 1.98. The third kappa shape index (κ3) is 3.67. The van der Waals surface area contributed by atoms with Crippen molar-refractivity contribution in [2.45, 2.75) is 25.8 Å². The van der Waals surface area contributed by atoms with E-state index in [2.05, 4.69) is 4.98 Å². The lowest BCUT2D eigenvalue weighted by Gasteiger charge is -2.05. The van der Waals surface area contributed by atoms with Crippen molar-refractivity contribution in [2.24, 2.45) is 0 Å². The van der Waals surface area contributed by atoms with Crippen molar-refractivity contribution >= 4 is 17.5 Å². The molecule has 98 valence electrons. The zero-order valence-corrected chi connectivity index (χ0v) is 12.3. The molecule has 2 rings (SSSR count). The first-order chi connectivity index (χ1) is 9.06. The minimum atomic E-state index is 0.157. The maximum absolute atomic E-state index is 12.2. The van der Waals surface area contributed by atoms with Gasteiger partial charge in [0.15, 0.2) is 5.78 Å². The summed E-state index contributed by atoms with van der Waals surface area (Å²) >= 11 is 1.50. The first-order valence-electron chi connectivity index (χ1n) is 6.23. The van der Waals surface area contributed by atoms with Gasteiger partial charge in [0, 0.05) is 11.3 Å². The number of carbonyl (C=O) groups excluding carboxylic acids is 1. The Labute approximate surface area is 118 Å². The highest BCUT2D eigenvalue weighted by molar-refractivity contribution is 7.99. The molecule has 0 aliphatic carbocycles. The van der Waals surface area contributed by atoms with E-state index >= 15 is 0 Å². The van der Waals surface area contributed by atoms with Crippen molar-refractivity contribution in [3.8, 4) is 0 Å². The van der Waals surface area contributed by atoms with E-state index in [1.807, 2.05) is 57.2 Å². The average Bonchev–Trinajstić information content (AvgIpc) is 2.35. The van der Waals surface area contributed by atoms with Gasteiger partial charge in [0.25, 0.3) is 0 Å². The second kappa shape index (κ2) is 6.02. The molecule has 2 aromatic rings. The summed E-state index contributed by atoms with van der Waals surface area (Å²) in [5.41, 5.74) is 4.00. The molecule has 0 aliphatic heterocycles. The molecule has 1 aromatic carbocycles. The van der Waals surface area contributed by atoms with Crippen molar-refractivity contribution in [1.82, 2.24) is 4.98 Å². The van der Waals surface area contributed by atoms with Crippen LogP contribution in [0.15, 0.2) is 41.4 Å². The largest absolute Gasteiger partial charge is 0.293 e. The number of hydrogen-bond donors (Lipinski definition) is 0. The van der Waals surface area contributed by atoms with Gasteiger partial charge < -0.3 is 0 Å². The van der Waals surface area contributed by atoms with Crippen LogP contribution in [0, 0.1) is 20.8 Å². The molecule has 0 N–H and O–H groups in total. The first-order valence-corrected chi connectivity index (χ1v) is 7.22. The van der Waals surface area contributed by atoms with Crippen LogP contribution in [-0.4, -0.2) is 16.5 Å². The van der Waals surface area contributed by atoms with Crippen LogP contribution in [-0.2, 0) is 0 Å². The molecule has 0 spiro atoms. The van der Waals surface area contributed by atoms with Crippen LogP contribution in [0.25, 0.3) is 0 Å². The topological polar surface area (TPSA) is 30.0 Å². The number of aromatic nitrogens is 1. The van der Waals surface area contributed by atoms with Crippen LogP contribution < -0.4 is 0 Å². The van der Waals surface area contributed by atoms with Crippen LogP contribution >= 0.6 is 11.8 Å². The predicted octanol–water partition coefficient (Wildman–Crippen LogP) is 3.98. The summed E-state index contributed by atoms with van der Waals surface area (Å²) in [5, 5.41) is 0.916. The number of rotatable bonds is 4. The maximum atomic E-state index is 12.2. The molecule has 2 nitrogen and oxygen atoms in total. The van der Waals surface area contributed by atoms with Crippen LogP contribution in [0.1, 0.15) is 27.2 Å². The molecule has 1 aromatic heterocycles. The number of nitrogens with zero attached hydrogens (tertiary/aromatic N) is 1. The van der Waals surface area contributed by atoms with Gasteiger partial charge in [-0.3, -0.25) is 4.79 Å². The summed E-state index contributed by atoms with van der Waals surface area (Å²) in [6, 6.07) is 11.8. The van der Waals surface area contributed by atoms with Crippen molar-refractivity contribution in [3.05, 3.63) is 58.8 Å². The van der Waals surface area contributed by atoms with Crippen molar-refractivity contribution in [1.29, 1.82) is 0 Å². The third-order valence-electron chi connectivity index (χ3n) is 2.87. The number of ketones is 1. The third-order valence-corrected chi connectivity index (χ3v) is 3.78. The van der Waals surface area contributed by atoms with E-state index in [0.29, 0.717) is 5.75 Å². The summed E-state index contributed by atoms with van der Waals surface area (Å²) in [6.45, 7) is 5.98. The zero-order chi connectivity index (χ0) is 13.8. The Morgan fingerprint density at radius 3 is 2.58 bits per heavy atom. The van der Waals surface area contributed by atoms with Gasteiger partial charge in [-0.25, -0.2) is 4.98 Å². The van der Waals surface area contributed by atoms with Crippen LogP contribution in [0.5, 0.6) is 0 Å². The van der Waals surface area contributed by atoms with E-state index in [1.165, 1.54) is 17.3 Å². The molecule has 0 aliphatic rings. The van der Waals surface area contributed by atoms with Gasteiger partial charge in [0.05, 0.1) is 10.8 Å². The zero-order valence-electron chi connectivity index (χ0n) is 11.4. The summed E-state index contributed by atoms with van der Waals surface area (Å²) in [4.78, 5) is 16.6. The van der Waals surface area contributed by atoms with Gasteiger partial charge in [-0.15, -0.1) is 0 Å². The lowest BCUT2D eigenvalue weighted by molar-refractivity contribution is 0.102. The summed E-state index contributed by atoms with van der Waals surface area (Å²) < 4.78 is 0. The molecule has 0 bridgehead atoms. The minimum absolute atomic E-state index is 0.157. The van der Waals surface area contributed by atoms with Crippen LogP contribution in [0.2, 0.25) is 0 Å². The molecule has 0 unspecified atom stereocenters. The normalized spacial score (nSPS) is 10.5. The second-order valence-electron chi connectivity index (χ2n) is 4.65. The van der Waals surface area contributed by atoms with E-state index in [9.17, 15) is 4.79 Å². The monoisotopic (exact) mass is 271 g/mol. The van der Waals surface area contributed by atoms with Gasteiger partial charge in [0.2, 0.25) is 0 Å². The minimum Gasteiger partial charge on any atom is -0.293 e. The Morgan fingerprint density at radius 2 is 1.89 bits per heavy atom. The number of carbonyl (C=O) groups is 1. The lowest BCUT2D eigenvalue weighted by atomic mass is 10.1. The molecule has 3 heteroatoms. The molecule has 19 heavy (non-hydrogen) atoms. The molecular weight excluding hydrogens is 254 g/mol. The molecule has 0 saturated carbocycles. The Kier molecular flexibility index (Phi) is 4.38. The van der Waals surface area contributed by atoms with Gasteiger partial charge in [0.1, 0.15) is 0 Å². The van der Waals surface area contributed by atoms with Crippen molar-refractivity contribution in [3.63, 3.8) is 0 Å². The molecule has 0 fully saturated rings. The Morgan fingerprint density at radius 1 is 1.16 bits per heavy atom. The number of hydrogen-bond acceptors (Lipinski definition) is 3. The summed E-state index contributed by atoms with van der Waals surface area (Å²) in [5.74, 6) is 0.588. The van der Waals surface area contributed by atoms with E-state index < -0.39 is 0 Å². The molecule has 0 saturated heterocycles. The number of benzene rings is 1. The Bertz CT molecular complexity index is 587. The van der Waals surface area contributed by atoms with Crippen LogP contribution in [0.4, 0.5) is 0 Å². The molecule has 0 atom stereocenters. The number of Topliss-reactive ketones (excluding diaryl/α,β-unsaturated/α-hetero) is 1. The van der Waals surface area contributed by atoms with Gasteiger partial charge >= 0.3 is 0 Å². The maximum Gasteiger partial charge on any atom is 0.173 e. The molecule has 1 heterocycles. The number of thioether (sulfide) groups is 1. The van der Waals surface area contributed by atoms with E-state index in [1.54, 1.807) is 0 Å². The molecular formula is C16H17NOS. The number of aryl methyl sites for hydroxylation is 3. The van der Waals surface area contributed by atoms with Crippen molar-refractivity contribution < 1.29 is 4.79 Å². The lowest BCUT2D eigenvalue weighted by Crippen LogP contribution is -2.04. The number of pyridine rings is 1.